The summed E-state index contributed by atoms with van der Waals surface area (Å²) in [6, 6.07) is 5.16. The van der Waals surface area contributed by atoms with Crippen molar-refractivity contribution in [3.05, 3.63) is 24.3 Å². The molecule has 0 spiro atoms. The van der Waals surface area contributed by atoms with Crippen LogP contribution >= 0.6 is 0 Å². The van der Waals surface area contributed by atoms with Gasteiger partial charge in [-0.1, -0.05) is 19.4 Å². The van der Waals surface area contributed by atoms with Crippen LogP contribution in [-0.2, 0) is 0 Å². The SMILES string of the molecule is CCCC(O)CNC(=O)Nc1cccc(OC(F)F)c1. The minimum Gasteiger partial charge on any atom is -0.435 e. The van der Waals surface area contributed by atoms with Crippen molar-refractivity contribution >= 4 is 11.7 Å². The van der Waals surface area contributed by atoms with Gasteiger partial charge in [0.1, 0.15) is 5.75 Å². The Hall–Kier alpha value is -1.89. The maximum Gasteiger partial charge on any atom is 0.387 e. The number of amides is 2. The first-order valence-electron chi connectivity index (χ1n) is 6.29. The maximum absolute atomic E-state index is 12.0. The number of carbonyl (C=O) groups is 1. The molecule has 3 N–H and O–H groups in total. The van der Waals surface area contributed by atoms with Crippen molar-refractivity contribution in [3.8, 4) is 5.75 Å². The molecule has 0 saturated heterocycles. The summed E-state index contributed by atoms with van der Waals surface area (Å²) in [4.78, 5) is 11.5. The van der Waals surface area contributed by atoms with Crippen LogP contribution in [0.3, 0.4) is 0 Å². The van der Waals surface area contributed by atoms with E-state index in [0.717, 1.165) is 6.42 Å². The van der Waals surface area contributed by atoms with Gasteiger partial charge in [0.15, 0.2) is 0 Å². The number of hydrogen-bond acceptors (Lipinski definition) is 3. The Morgan fingerprint density at radius 2 is 2.20 bits per heavy atom. The molecule has 7 heteroatoms. The van der Waals surface area contributed by atoms with Crippen molar-refractivity contribution in [2.75, 3.05) is 11.9 Å². The normalized spacial score (nSPS) is 12.1. The fourth-order valence-corrected chi connectivity index (χ4v) is 1.57. The lowest BCUT2D eigenvalue weighted by Crippen LogP contribution is -2.35. The summed E-state index contributed by atoms with van der Waals surface area (Å²) in [6.45, 7) is -0.853. The van der Waals surface area contributed by atoms with Gasteiger partial charge < -0.3 is 20.5 Å². The van der Waals surface area contributed by atoms with Gasteiger partial charge in [-0.25, -0.2) is 4.79 Å². The molecule has 0 aromatic heterocycles. The van der Waals surface area contributed by atoms with E-state index in [1.807, 2.05) is 6.92 Å². The van der Waals surface area contributed by atoms with Gasteiger partial charge in [0.25, 0.3) is 0 Å². The molecule has 0 aliphatic carbocycles. The van der Waals surface area contributed by atoms with E-state index in [9.17, 15) is 18.7 Å². The fraction of sp³-hybridized carbons (Fsp3) is 0.462. The molecule has 0 aliphatic heterocycles. The van der Waals surface area contributed by atoms with Crippen LogP contribution in [0.1, 0.15) is 19.8 Å². The molecular formula is C13H18F2N2O3. The highest BCUT2D eigenvalue weighted by atomic mass is 19.3. The molecule has 0 fully saturated rings. The van der Waals surface area contributed by atoms with E-state index in [0.29, 0.717) is 12.1 Å². The van der Waals surface area contributed by atoms with Crippen LogP contribution in [0.4, 0.5) is 19.3 Å². The molecule has 2 amide bonds. The average Bonchev–Trinajstić information content (AvgIpc) is 2.36. The van der Waals surface area contributed by atoms with Crippen LogP contribution in [0.15, 0.2) is 24.3 Å². The van der Waals surface area contributed by atoms with E-state index in [-0.39, 0.29) is 12.3 Å². The standard InChI is InChI=1S/C13H18F2N2O3/c1-2-4-10(18)8-16-13(19)17-9-5-3-6-11(7-9)20-12(14)15/h3,5-7,10,12,18H,2,4,8H2,1H3,(H2,16,17,19). The fourth-order valence-electron chi connectivity index (χ4n) is 1.57. The highest BCUT2D eigenvalue weighted by molar-refractivity contribution is 5.89. The lowest BCUT2D eigenvalue weighted by atomic mass is 10.2. The summed E-state index contributed by atoms with van der Waals surface area (Å²) in [6.07, 6.45) is 0.814. The van der Waals surface area contributed by atoms with Gasteiger partial charge in [-0.2, -0.15) is 8.78 Å². The van der Waals surface area contributed by atoms with E-state index < -0.39 is 18.7 Å². The Kier molecular flexibility index (Phi) is 6.72. The Morgan fingerprint density at radius 1 is 1.45 bits per heavy atom. The molecule has 112 valence electrons. The van der Waals surface area contributed by atoms with Crippen molar-refractivity contribution in [2.45, 2.75) is 32.5 Å². The Labute approximate surface area is 115 Å². The average molecular weight is 288 g/mol. The zero-order valence-electron chi connectivity index (χ0n) is 11.1. The van der Waals surface area contributed by atoms with Gasteiger partial charge in [-0.3, -0.25) is 0 Å². The topological polar surface area (TPSA) is 70.6 Å². The molecule has 1 atom stereocenters. The first-order chi connectivity index (χ1) is 9.51. The van der Waals surface area contributed by atoms with Gasteiger partial charge in [-0.05, 0) is 18.6 Å². The maximum atomic E-state index is 12.0. The number of alkyl halides is 2. The predicted molar refractivity (Wildman–Crippen MR) is 71.0 cm³/mol. The summed E-state index contributed by atoms with van der Waals surface area (Å²) in [5.74, 6) is -0.0381. The molecule has 0 heterocycles. The number of ether oxygens (including phenoxy) is 1. The Morgan fingerprint density at radius 3 is 2.85 bits per heavy atom. The lowest BCUT2D eigenvalue weighted by Gasteiger charge is -2.12. The Bertz CT molecular complexity index is 430. The van der Waals surface area contributed by atoms with Gasteiger partial charge in [0.2, 0.25) is 0 Å². The first-order valence-corrected chi connectivity index (χ1v) is 6.29. The number of halogens is 2. The second-order valence-corrected chi connectivity index (χ2v) is 4.18. The summed E-state index contributed by atoms with van der Waals surface area (Å²) in [7, 11) is 0. The Balaban J connectivity index is 2.45. The molecule has 1 rings (SSSR count). The molecule has 0 saturated carbocycles. The number of urea groups is 1. The lowest BCUT2D eigenvalue weighted by molar-refractivity contribution is -0.0497. The molecule has 0 aliphatic rings. The molecule has 0 bridgehead atoms. The van der Waals surface area contributed by atoms with Gasteiger partial charge >= 0.3 is 12.6 Å². The first kappa shape index (κ1) is 16.2. The number of hydrogen-bond donors (Lipinski definition) is 3. The zero-order chi connectivity index (χ0) is 15.0. The molecule has 5 nitrogen and oxygen atoms in total. The monoisotopic (exact) mass is 288 g/mol. The third kappa shape index (κ3) is 6.33. The van der Waals surface area contributed by atoms with E-state index in [2.05, 4.69) is 15.4 Å². The van der Waals surface area contributed by atoms with Crippen molar-refractivity contribution in [2.24, 2.45) is 0 Å². The van der Waals surface area contributed by atoms with Crippen molar-refractivity contribution < 1.29 is 23.4 Å². The summed E-state index contributed by atoms with van der Waals surface area (Å²) in [5, 5.41) is 14.4. The van der Waals surface area contributed by atoms with Crippen molar-refractivity contribution in [3.63, 3.8) is 0 Å². The quantitative estimate of drug-likeness (QED) is 0.722. The van der Waals surface area contributed by atoms with Crippen LogP contribution in [0.2, 0.25) is 0 Å². The summed E-state index contributed by atoms with van der Waals surface area (Å²) in [5.41, 5.74) is 0.325. The number of aliphatic hydroxyl groups excluding tert-OH is 1. The molecule has 1 aromatic carbocycles. The van der Waals surface area contributed by atoms with Gasteiger partial charge in [-0.15, -0.1) is 0 Å². The van der Waals surface area contributed by atoms with E-state index in [1.54, 1.807) is 6.07 Å². The number of rotatable bonds is 7. The number of aliphatic hydroxyl groups is 1. The number of benzene rings is 1. The third-order valence-electron chi connectivity index (χ3n) is 2.44. The minimum atomic E-state index is -2.91. The zero-order valence-corrected chi connectivity index (χ0v) is 11.1. The molecule has 0 radical (unpaired) electrons. The van der Waals surface area contributed by atoms with Crippen LogP contribution in [0, 0.1) is 0 Å². The number of nitrogens with one attached hydrogen (secondary N) is 2. The van der Waals surface area contributed by atoms with E-state index >= 15 is 0 Å². The highest BCUT2D eigenvalue weighted by Crippen LogP contribution is 2.19. The molecule has 1 unspecified atom stereocenters. The highest BCUT2D eigenvalue weighted by Gasteiger charge is 2.08. The number of carbonyl (C=O) groups excluding carboxylic acids is 1. The molecule has 20 heavy (non-hydrogen) atoms. The molecular weight excluding hydrogens is 270 g/mol. The molecule has 1 aromatic rings. The third-order valence-corrected chi connectivity index (χ3v) is 2.44. The van der Waals surface area contributed by atoms with Gasteiger partial charge in [0.05, 0.1) is 6.10 Å². The largest absolute Gasteiger partial charge is 0.435 e. The van der Waals surface area contributed by atoms with Crippen molar-refractivity contribution in [1.29, 1.82) is 0 Å². The van der Waals surface area contributed by atoms with E-state index in [1.165, 1.54) is 18.2 Å². The number of anilines is 1. The van der Waals surface area contributed by atoms with Crippen LogP contribution < -0.4 is 15.4 Å². The van der Waals surface area contributed by atoms with Gasteiger partial charge in [0, 0.05) is 18.3 Å². The van der Waals surface area contributed by atoms with Crippen molar-refractivity contribution in [1.82, 2.24) is 5.32 Å². The van der Waals surface area contributed by atoms with Crippen LogP contribution in [-0.4, -0.2) is 30.4 Å². The second kappa shape index (κ2) is 8.31. The van der Waals surface area contributed by atoms with Crippen LogP contribution in [0.5, 0.6) is 5.75 Å². The van der Waals surface area contributed by atoms with Crippen LogP contribution in [0.25, 0.3) is 0 Å². The smallest absolute Gasteiger partial charge is 0.387 e. The second-order valence-electron chi connectivity index (χ2n) is 4.18. The minimum absolute atomic E-state index is 0.0381. The summed E-state index contributed by atoms with van der Waals surface area (Å²) < 4.78 is 28.3. The van der Waals surface area contributed by atoms with E-state index in [4.69, 9.17) is 0 Å². The summed E-state index contributed by atoms with van der Waals surface area (Å²) >= 11 is 0. The predicted octanol–water partition coefficient (Wildman–Crippen LogP) is 2.57.